The Hall–Kier alpha value is -2.86. The summed E-state index contributed by atoms with van der Waals surface area (Å²) in [5.74, 6) is 0.559. The minimum Gasteiger partial charge on any atom is -0.493 e. The lowest BCUT2D eigenvalue weighted by Gasteiger charge is -2.23. The Balaban J connectivity index is 1.42. The average molecular weight is 408 g/mol. The van der Waals surface area contributed by atoms with Crippen LogP contribution in [0.5, 0.6) is 5.75 Å². The Morgan fingerprint density at radius 1 is 1.13 bits per heavy atom. The number of carbonyl (C=O) groups is 2. The molecule has 2 aromatic carbocycles. The summed E-state index contributed by atoms with van der Waals surface area (Å²) < 4.78 is 5.51. The number of nitrogens with zero attached hydrogens (tertiary/aromatic N) is 1. The predicted octanol–water partition coefficient (Wildman–Crippen LogP) is 3.40. The van der Waals surface area contributed by atoms with Gasteiger partial charge in [0.25, 0.3) is 11.8 Å². The highest BCUT2D eigenvalue weighted by molar-refractivity contribution is 6.05. The first-order chi connectivity index (χ1) is 14.5. The highest BCUT2D eigenvalue weighted by Crippen LogP contribution is 2.26. The number of aryl methyl sites for hydroxylation is 1. The van der Waals surface area contributed by atoms with Gasteiger partial charge in [-0.2, -0.15) is 0 Å². The summed E-state index contributed by atoms with van der Waals surface area (Å²) in [5.41, 5.74) is 3.77. The van der Waals surface area contributed by atoms with Crippen LogP contribution in [0.1, 0.15) is 51.6 Å². The zero-order chi connectivity index (χ0) is 21.1. The van der Waals surface area contributed by atoms with E-state index in [0.717, 1.165) is 42.8 Å². The summed E-state index contributed by atoms with van der Waals surface area (Å²) in [5, 5.41) is 6.02. The molecule has 0 aromatic heterocycles. The van der Waals surface area contributed by atoms with Crippen LogP contribution in [-0.4, -0.2) is 49.0 Å². The molecule has 1 saturated heterocycles. The average Bonchev–Trinajstić information content (AvgIpc) is 3.41. The standard InChI is InChI=1S/C24H29N3O3/c1-3-27-11-4-5-20(27)15-25-23(28)19-7-6-16(2)21(14-19)26-24(29)18-8-9-22-17(13-18)10-12-30-22/h6-9,13-14,20H,3-5,10-12,15H2,1-2H3,(H,25,28)(H,26,29)/t20-/m0/s1. The van der Waals surface area contributed by atoms with Crippen molar-refractivity contribution in [1.82, 2.24) is 10.2 Å². The Morgan fingerprint density at radius 3 is 2.77 bits per heavy atom. The highest BCUT2D eigenvalue weighted by atomic mass is 16.5. The van der Waals surface area contributed by atoms with E-state index in [4.69, 9.17) is 4.74 Å². The van der Waals surface area contributed by atoms with Crippen LogP contribution in [0.25, 0.3) is 0 Å². The van der Waals surface area contributed by atoms with Crippen LogP contribution >= 0.6 is 0 Å². The number of likely N-dealkylation sites (tertiary alicyclic amines) is 1. The van der Waals surface area contributed by atoms with Crippen LogP contribution in [0.3, 0.4) is 0 Å². The predicted molar refractivity (Wildman–Crippen MR) is 117 cm³/mol. The van der Waals surface area contributed by atoms with E-state index in [2.05, 4.69) is 22.5 Å². The molecule has 0 radical (unpaired) electrons. The van der Waals surface area contributed by atoms with Crippen LogP contribution in [0.15, 0.2) is 36.4 Å². The molecule has 2 heterocycles. The number of hydrogen-bond acceptors (Lipinski definition) is 4. The number of rotatable bonds is 6. The van der Waals surface area contributed by atoms with Gasteiger partial charge in [-0.1, -0.05) is 13.0 Å². The fraction of sp³-hybridized carbons (Fsp3) is 0.417. The number of fused-ring (bicyclic) bond motifs is 1. The van der Waals surface area contributed by atoms with Gasteiger partial charge in [0, 0.05) is 35.8 Å². The largest absolute Gasteiger partial charge is 0.493 e. The molecule has 30 heavy (non-hydrogen) atoms. The van der Waals surface area contributed by atoms with Crippen molar-refractivity contribution in [3.8, 4) is 5.75 Å². The number of ether oxygens (including phenoxy) is 1. The molecule has 0 unspecified atom stereocenters. The number of hydrogen-bond donors (Lipinski definition) is 2. The molecule has 2 N–H and O–H groups in total. The Bertz CT molecular complexity index is 957. The summed E-state index contributed by atoms with van der Waals surface area (Å²) in [6.45, 7) is 7.50. The van der Waals surface area contributed by atoms with E-state index in [0.29, 0.717) is 36.0 Å². The molecule has 4 rings (SSSR count). The quantitative estimate of drug-likeness (QED) is 0.770. The Morgan fingerprint density at radius 2 is 1.93 bits per heavy atom. The maximum absolute atomic E-state index is 12.8. The number of likely N-dealkylation sites (N-methyl/N-ethyl adjacent to an activating group) is 1. The van der Waals surface area contributed by atoms with E-state index in [1.165, 1.54) is 6.42 Å². The third-order valence-electron chi connectivity index (χ3n) is 6.10. The summed E-state index contributed by atoms with van der Waals surface area (Å²) in [6, 6.07) is 11.3. The van der Waals surface area contributed by atoms with Crippen molar-refractivity contribution < 1.29 is 14.3 Å². The summed E-state index contributed by atoms with van der Waals surface area (Å²) in [4.78, 5) is 27.9. The van der Waals surface area contributed by atoms with E-state index in [1.54, 1.807) is 18.2 Å². The van der Waals surface area contributed by atoms with E-state index in [9.17, 15) is 9.59 Å². The van der Waals surface area contributed by atoms with Crippen LogP contribution in [-0.2, 0) is 6.42 Å². The van der Waals surface area contributed by atoms with Gasteiger partial charge in [0.15, 0.2) is 0 Å². The maximum atomic E-state index is 12.8. The smallest absolute Gasteiger partial charge is 0.255 e. The van der Waals surface area contributed by atoms with Gasteiger partial charge in [-0.15, -0.1) is 0 Å². The van der Waals surface area contributed by atoms with Crippen LogP contribution in [0.4, 0.5) is 5.69 Å². The molecular weight excluding hydrogens is 378 g/mol. The first kappa shape index (κ1) is 20.4. The molecule has 158 valence electrons. The zero-order valence-electron chi connectivity index (χ0n) is 17.7. The molecule has 0 spiro atoms. The van der Waals surface area contributed by atoms with Crippen LogP contribution < -0.4 is 15.4 Å². The van der Waals surface area contributed by atoms with Crippen molar-refractivity contribution in [2.75, 3.05) is 31.6 Å². The fourth-order valence-corrected chi connectivity index (χ4v) is 4.28. The Kier molecular flexibility index (Phi) is 6.04. The van der Waals surface area contributed by atoms with Gasteiger partial charge in [0.2, 0.25) is 0 Å². The van der Waals surface area contributed by atoms with Crippen molar-refractivity contribution in [3.63, 3.8) is 0 Å². The normalized spacial score (nSPS) is 18.0. The minimum absolute atomic E-state index is 0.108. The first-order valence-corrected chi connectivity index (χ1v) is 10.7. The number of amides is 2. The summed E-state index contributed by atoms with van der Waals surface area (Å²) in [6.07, 6.45) is 3.13. The van der Waals surface area contributed by atoms with Crippen molar-refractivity contribution in [3.05, 3.63) is 58.7 Å². The molecule has 1 fully saturated rings. The van der Waals surface area contributed by atoms with Gasteiger partial charge < -0.3 is 15.4 Å². The second-order valence-corrected chi connectivity index (χ2v) is 8.04. The van der Waals surface area contributed by atoms with Gasteiger partial charge in [0.1, 0.15) is 5.75 Å². The molecule has 6 nitrogen and oxygen atoms in total. The van der Waals surface area contributed by atoms with Gasteiger partial charge in [-0.05, 0) is 74.3 Å². The van der Waals surface area contributed by atoms with Gasteiger partial charge in [-0.3, -0.25) is 14.5 Å². The van der Waals surface area contributed by atoms with E-state index in [-0.39, 0.29) is 11.8 Å². The van der Waals surface area contributed by atoms with Crippen molar-refractivity contribution in [1.29, 1.82) is 0 Å². The number of benzene rings is 2. The molecule has 2 aliphatic rings. The number of carbonyl (C=O) groups excluding carboxylic acids is 2. The third-order valence-corrected chi connectivity index (χ3v) is 6.10. The second-order valence-electron chi connectivity index (χ2n) is 8.04. The summed E-state index contributed by atoms with van der Waals surface area (Å²) in [7, 11) is 0. The topological polar surface area (TPSA) is 70.7 Å². The van der Waals surface area contributed by atoms with Crippen molar-refractivity contribution in [2.45, 2.75) is 39.2 Å². The number of anilines is 1. The summed E-state index contributed by atoms with van der Waals surface area (Å²) >= 11 is 0. The highest BCUT2D eigenvalue weighted by Gasteiger charge is 2.23. The van der Waals surface area contributed by atoms with Gasteiger partial charge in [0.05, 0.1) is 6.61 Å². The fourth-order valence-electron chi connectivity index (χ4n) is 4.28. The zero-order valence-corrected chi connectivity index (χ0v) is 17.7. The molecular formula is C24H29N3O3. The molecule has 6 heteroatoms. The molecule has 2 aromatic rings. The Labute approximate surface area is 177 Å². The molecule has 2 aliphatic heterocycles. The van der Waals surface area contributed by atoms with Gasteiger partial charge >= 0.3 is 0 Å². The van der Waals surface area contributed by atoms with E-state index in [1.807, 2.05) is 25.1 Å². The van der Waals surface area contributed by atoms with Gasteiger partial charge in [-0.25, -0.2) is 0 Å². The van der Waals surface area contributed by atoms with E-state index >= 15 is 0 Å². The monoisotopic (exact) mass is 407 g/mol. The number of nitrogens with one attached hydrogen (secondary N) is 2. The molecule has 1 atom stereocenters. The minimum atomic E-state index is -0.185. The second kappa shape index (κ2) is 8.88. The van der Waals surface area contributed by atoms with Crippen molar-refractivity contribution >= 4 is 17.5 Å². The lowest BCUT2D eigenvalue weighted by Crippen LogP contribution is -2.40. The lowest BCUT2D eigenvalue weighted by atomic mass is 10.1. The first-order valence-electron chi connectivity index (χ1n) is 10.7. The van der Waals surface area contributed by atoms with Crippen molar-refractivity contribution in [2.24, 2.45) is 0 Å². The molecule has 0 bridgehead atoms. The lowest BCUT2D eigenvalue weighted by molar-refractivity contribution is 0.0940. The van der Waals surface area contributed by atoms with Crippen LogP contribution in [0.2, 0.25) is 0 Å². The maximum Gasteiger partial charge on any atom is 0.255 e. The molecule has 2 amide bonds. The van der Waals surface area contributed by atoms with Crippen LogP contribution in [0, 0.1) is 6.92 Å². The third kappa shape index (κ3) is 4.33. The SMILES string of the molecule is CCN1CCC[C@H]1CNC(=O)c1ccc(C)c(NC(=O)c2ccc3c(c2)CCO3)c1. The molecule has 0 aliphatic carbocycles. The van der Waals surface area contributed by atoms with E-state index < -0.39 is 0 Å². The molecule has 0 saturated carbocycles.